The van der Waals surface area contributed by atoms with Gasteiger partial charge in [-0.05, 0) is 64.2 Å². The Kier molecular flexibility index (Phi) is 36.1. The van der Waals surface area contributed by atoms with Crippen molar-refractivity contribution in [2.75, 3.05) is 26.4 Å². The Balaban J connectivity index is 3.63. The molecule has 0 radical (unpaired) electrons. The molecule has 10 heteroatoms. The fourth-order valence-corrected chi connectivity index (χ4v) is 6.24. The summed E-state index contributed by atoms with van der Waals surface area (Å²) in [6, 6.07) is 0. The van der Waals surface area contributed by atoms with Gasteiger partial charge >= 0.3 is 13.8 Å². The number of hydrogen-bond donors (Lipinski definition) is 3. The van der Waals surface area contributed by atoms with E-state index in [1.54, 1.807) is 0 Å². The molecule has 0 aliphatic heterocycles. The number of nitrogens with one attached hydrogen (secondary N) is 1. The predicted octanol–water partition coefficient (Wildman–Crippen LogP) is 10.8. The van der Waals surface area contributed by atoms with E-state index in [1.165, 1.54) is 89.9 Å². The van der Waals surface area contributed by atoms with Crippen LogP contribution in [0.5, 0.6) is 0 Å². The average molecular weight is 730 g/mol. The number of rotatable bonds is 38. The van der Waals surface area contributed by atoms with E-state index in [2.05, 4.69) is 43.5 Å². The van der Waals surface area contributed by atoms with Gasteiger partial charge < -0.3 is 20.1 Å². The molecule has 0 saturated carbocycles. The Morgan fingerprint density at radius 1 is 0.600 bits per heavy atom. The van der Waals surface area contributed by atoms with E-state index in [0.717, 1.165) is 70.6 Å². The van der Waals surface area contributed by atoms with Crippen molar-refractivity contribution in [3.8, 4) is 0 Å². The number of ether oxygens (including phenoxy) is 1. The average Bonchev–Trinajstić information content (AvgIpc) is 3.10. The molecule has 2 atom stereocenters. The van der Waals surface area contributed by atoms with E-state index in [-0.39, 0.29) is 32.1 Å². The molecule has 1 amide bonds. The lowest BCUT2D eigenvalue weighted by atomic mass is 10.1. The van der Waals surface area contributed by atoms with Gasteiger partial charge in [0.2, 0.25) is 5.91 Å². The molecular weight excluding hydrogens is 653 g/mol. The first-order valence-electron chi connectivity index (χ1n) is 20.3. The van der Waals surface area contributed by atoms with Crippen molar-refractivity contribution in [1.82, 2.24) is 5.32 Å². The molecule has 0 spiro atoms. The van der Waals surface area contributed by atoms with Crippen molar-refractivity contribution in [2.24, 2.45) is 0 Å². The first-order chi connectivity index (χ1) is 24.3. The number of carbonyl (C=O) groups is 2. The van der Waals surface area contributed by atoms with E-state index < -0.39 is 26.5 Å². The smallest absolute Gasteiger partial charge is 0.463 e. The van der Waals surface area contributed by atoms with Crippen LogP contribution >= 0.6 is 7.82 Å². The standard InChI is InChI=1S/C40H76NO8P/c1-3-5-7-9-11-13-15-17-18-19-21-23-25-27-29-31-33-40(44)47-36-38(42)37-49-50(45,46)48-35-34-41-39(43)32-30-28-26-24-22-20-16-14-12-10-8-6-4-2/h14,16,18-19,38,42H,3-13,15,17,20-37H2,1-2H3,(H,41,43)(H,45,46)/b16-14-,19-18-. The maximum Gasteiger partial charge on any atom is 0.472 e. The molecule has 0 aromatic carbocycles. The van der Waals surface area contributed by atoms with Gasteiger partial charge in [0.1, 0.15) is 12.7 Å². The predicted molar refractivity (Wildman–Crippen MR) is 206 cm³/mol. The van der Waals surface area contributed by atoms with Crippen molar-refractivity contribution in [2.45, 2.75) is 193 Å². The third-order valence-electron chi connectivity index (χ3n) is 8.60. The molecule has 0 rings (SSSR count). The van der Waals surface area contributed by atoms with E-state index in [0.29, 0.717) is 6.42 Å². The molecule has 294 valence electrons. The summed E-state index contributed by atoms with van der Waals surface area (Å²) in [4.78, 5) is 33.8. The minimum absolute atomic E-state index is 0.0775. The monoisotopic (exact) mass is 730 g/mol. The summed E-state index contributed by atoms with van der Waals surface area (Å²) >= 11 is 0. The Morgan fingerprint density at radius 3 is 1.52 bits per heavy atom. The molecule has 0 fully saturated rings. The van der Waals surface area contributed by atoms with Gasteiger partial charge in [0.25, 0.3) is 0 Å². The van der Waals surface area contributed by atoms with Crippen LogP contribution in [0.3, 0.4) is 0 Å². The van der Waals surface area contributed by atoms with Gasteiger partial charge in [0.05, 0.1) is 13.2 Å². The summed E-state index contributed by atoms with van der Waals surface area (Å²) in [5.74, 6) is -0.532. The summed E-state index contributed by atoms with van der Waals surface area (Å²) in [7, 11) is -4.41. The third-order valence-corrected chi connectivity index (χ3v) is 9.59. The fraction of sp³-hybridized carbons (Fsp3) is 0.850. The molecule has 0 saturated heterocycles. The molecule has 0 heterocycles. The first kappa shape index (κ1) is 48.5. The van der Waals surface area contributed by atoms with Crippen LogP contribution in [-0.2, 0) is 27.9 Å². The SMILES string of the molecule is CCCCCC/C=C\CCCCCCCC(=O)NCCOP(=O)(O)OCC(O)COC(=O)CCCCCCC/C=C\CCCCCCCCC. The molecular formula is C40H76NO8P. The molecule has 0 aliphatic carbocycles. The highest BCUT2D eigenvalue weighted by molar-refractivity contribution is 7.47. The molecule has 3 N–H and O–H groups in total. The van der Waals surface area contributed by atoms with E-state index in [9.17, 15) is 24.2 Å². The van der Waals surface area contributed by atoms with Crippen LogP contribution in [0.25, 0.3) is 0 Å². The lowest BCUT2D eigenvalue weighted by Gasteiger charge is -2.15. The maximum atomic E-state index is 12.1. The zero-order chi connectivity index (χ0) is 36.8. The van der Waals surface area contributed by atoms with E-state index in [1.807, 2.05) is 0 Å². The number of hydrogen-bond acceptors (Lipinski definition) is 7. The number of allylic oxidation sites excluding steroid dienone is 4. The lowest BCUT2D eigenvalue weighted by Crippen LogP contribution is -2.27. The van der Waals surface area contributed by atoms with Crippen LogP contribution in [-0.4, -0.2) is 54.3 Å². The van der Waals surface area contributed by atoms with Gasteiger partial charge in [-0.2, -0.15) is 0 Å². The second-order valence-corrected chi connectivity index (χ2v) is 15.1. The van der Waals surface area contributed by atoms with Crippen molar-refractivity contribution in [1.29, 1.82) is 0 Å². The quantitative estimate of drug-likeness (QED) is 0.0248. The van der Waals surface area contributed by atoms with Crippen LogP contribution in [0.1, 0.15) is 187 Å². The minimum Gasteiger partial charge on any atom is -0.463 e. The Morgan fingerprint density at radius 2 is 1.02 bits per heavy atom. The highest BCUT2D eigenvalue weighted by Gasteiger charge is 2.23. The van der Waals surface area contributed by atoms with Crippen molar-refractivity contribution in [3.05, 3.63) is 24.3 Å². The van der Waals surface area contributed by atoms with Crippen LogP contribution in [0.15, 0.2) is 24.3 Å². The number of aliphatic hydroxyl groups excluding tert-OH is 1. The zero-order valence-electron chi connectivity index (χ0n) is 32.1. The second kappa shape index (κ2) is 37.3. The Hall–Kier alpha value is -1.51. The molecule has 0 aliphatic rings. The number of unbranched alkanes of at least 4 members (excludes halogenated alkanes) is 21. The van der Waals surface area contributed by atoms with Crippen LogP contribution in [0.4, 0.5) is 0 Å². The summed E-state index contributed by atoms with van der Waals surface area (Å²) in [5, 5.41) is 12.7. The molecule has 0 bridgehead atoms. The lowest BCUT2D eigenvalue weighted by molar-refractivity contribution is -0.147. The van der Waals surface area contributed by atoms with Gasteiger partial charge in [-0.15, -0.1) is 0 Å². The van der Waals surface area contributed by atoms with E-state index >= 15 is 0 Å². The summed E-state index contributed by atoms with van der Waals surface area (Å²) in [6.07, 6.45) is 38.2. The molecule has 9 nitrogen and oxygen atoms in total. The maximum absolute atomic E-state index is 12.1. The van der Waals surface area contributed by atoms with Crippen molar-refractivity contribution in [3.63, 3.8) is 0 Å². The molecule has 0 aromatic rings. The van der Waals surface area contributed by atoms with Gasteiger partial charge in [0.15, 0.2) is 0 Å². The summed E-state index contributed by atoms with van der Waals surface area (Å²) in [6.45, 7) is 3.52. The third kappa shape index (κ3) is 37.7. The van der Waals surface area contributed by atoms with Gasteiger partial charge in [-0.3, -0.25) is 18.6 Å². The molecule has 2 unspecified atom stereocenters. The number of esters is 1. The second-order valence-electron chi connectivity index (χ2n) is 13.6. The van der Waals surface area contributed by atoms with E-state index in [4.69, 9.17) is 13.8 Å². The van der Waals surface area contributed by atoms with Crippen LogP contribution in [0.2, 0.25) is 0 Å². The van der Waals surface area contributed by atoms with Gasteiger partial charge in [0, 0.05) is 19.4 Å². The van der Waals surface area contributed by atoms with Crippen molar-refractivity contribution >= 4 is 19.7 Å². The number of amides is 1. The zero-order valence-corrected chi connectivity index (χ0v) is 33.0. The molecule has 50 heavy (non-hydrogen) atoms. The number of phosphoric acid groups is 1. The largest absolute Gasteiger partial charge is 0.472 e. The van der Waals surface area contributed by atoms with Crippen LogP contribution in [0, 0.1) is 0 Å². The number of carbonyl (C=O) groups excluding carboxylic acids is 2. The molecule has 0 aromatic heterocycles. The topological polar surface area (TPSA) is 131 Å². The van der Waals surface area contributed by atoms with Crippen LogP contribution < -0.4 is 5.32 Å². The number of phosphoric ester groups is 1. The minimum atomic E-state index is -4.41. The van der Waals surface area contributed by atoms with Gasteiger partial charge in [-0.1, -0.05) is 134 Å². The summed E-state index contributed by atoms with van der Waals surface area (Å²) in [5.41, 5.74) is 0. The Bertz CT molecular complexity index is 881. The highest BCUT2D eigenvalue weighted by atomic mass is 31.2. The number of aliphatic hydroxyl groups is 1. The highest BCUT2D eigenvalue weighted by Crippen LogP contribution is 2.42. The first-order valence-corrected chi connectivity index (χ1v) is 21.8. The normalized spacial score (nSPS) is 13.6. The summed E-state index contributed by atoms with van der Waals surface area (Å²) < 4.78 is 26.8. The fourth-order valence-electron chi connectivity index (χ4n) is 5.49. The Labute approximate surface area is 306 Å². The van der Waals surface area contributed by atoms with Gasteiger partial charge in [-0.25, -0.2) is 4.57 Å². The van der Waals surface area contributed by atoms with Crippen molar-refractivity contribution < 1.29 is 37.9 Å².